The summed E-state index contributed by atoms with van der Waals surface area (Å²) >= 11 is 0. The van der Waals surface area contributed by atoms with Crippen LogP contribution in [-0.2, 0) is 0 Å². The van der Waals surface area contributed by atoms with Crippen molar-refractivity contribution in [3.05, 3.63) is 48.4 Å². The summed E-state index contributed by atoms with van der Waals surface area (Å²) < 4.78 is 44.7. The molecule has 0 aliphatic carbocycles. The number of anilines is 1. The van der Waals surface area contributed by atoms with E-state index >= 15 is 0 Å². The molecule has 30 heavy (non-hydrogen) atoms. The fraction of sp³-hybridized carbons (Fsp3) is 0.263. The van der Waals surface area contributed by atoms with Gasteiger partial charge in [0.05, 0.1) is 29.8 Å². The Bertz CT molecular complexity index is 1190. The molecule has 3 N–H and O–H groups in total. The maximum absolute atomic E-state index is 14.6. The molecule has 11 heteroatoms. The van der Waals surface area contributed by atoms with E-state index in [0.29, 0.717) is 36.5 Å². The minimum absolute atomic E-state index is 0.0819. The second kappa shape index (κ2) is 7.41. The third-order valence-electron chi connectivity index (χ3n) is 5.13. The van der Waals surface area contributed by atoms with Gasteiger partial charge in [-0.2, -0.15) is 0 Å². The van der Waals surface area contributed by atoms with Gasteiger partial charge in [0.15, 0.2) is 17.5 Å². The van der Waals surface area contributed by atoms with Crippen LogP contribution in [0.1, 0.15) is 6.42 Å². The van der Waals surface area contributed by atoms with E-state index in [1.807, 2.05) is 0 Å². The summed E-state index contributed by atoms with van der Waals surface area (Å²) in [6, 6.07) is 3.67. The van der Waals surface area contributed by atoms with Crippen LogP contribution in [0.15, 0.2) is 36.8 Å². The van der Waals surface area contributed by atoms with Crippen molar-refractivity contribution in [2.75, 3.05) is 18.4 Å². The molecule has 1 fully saturated rings. The Morgan fingerprint density at radius 3 is 2.87 bits per heavy atom. The third kappa shape index (κ3) is 3.26. The molecule has 5 rings (SSSR count). The lowest BCUT2D eigenvalue weighted by molar-refractivity contribution is 0.240. The van der Waals surface area contributed by atoms with Crippen molar-refractivity contribution in [3.63, 3.8) is 0 Å². The molecular formula is C19H17F3N8. The van der Waals surface area contributed by atoms with Crippen molar-refractivity contribution < 1.29 is 13.2 Å². The molecule has 8 nitrogen and oxygen atoms in total. The fourth-order valence-electron chi connectivity index (χ4n) is 3.55. The predicted molar refractivity (Wildman–Crippen MR) is 104 cm³/mol. The van der Waals surface area contributed by atoms with Gasteiger partial charge >= 0.3 is 0 Å². The third-order valence-corrected chi connectivity index (χ3v) is 5.13. The van der Waals surface area contributed by atoms with Crippen molar-refractivity contribution in [2.45, 2.75) is 18.6 Å². The van der Waals surface area contributed by atoms with Gasteiger partial charge in [-0.15, -0.1) is 5.10 Å². The standard InChI is InChI=1S/C19H17F3N8/c20-11-1-3-23-7-15(11)26-19-13(22)6-12(21)18(27-19)16-9-24-17-5-10(2-4-30(16)17)14-8-25-29-28-14/h2,4-6,8-9,11,15,23H,1,3,7H2,(H,26,27)(H,25,28,29)/t11-,15-/m0/s1. The first-order chi connectivity index (χ1) is 14.6. The lowest BCUT2D eigenvalue weighted by Gasteiger charge is -2.28. The van der Waals surface area contributed by atoms with Gasteiger partial charge in [-0.1, -0.05) is 5.21 Å². The first kappa shape index (κ1) is 18.6. The van der Waals surface area contributed by atoms with Crippen LogP contribution in [0.5, 0.6) is 0 Å². The molecule has 1 saturated heterocycles. The number of H-pyrrole nitrogens is 1. The van der Waals surface area contributed by atoms with Crippen LogP contribution < -0.4 is 10.6 Å². The summed E-state index contributed by atoms with van der Waals surface area (Å²) in [5, 5.41) is 16.0. The highest BCUT2D eigenvalue weighted by molar-refractivity contribution is 5.68. The second-order valence-electron chi connectivity index (χ2n) is 7.07. The van der Waals surface area contributed by atoms with E-state index in [1.54, 1.807) is 28.9 Å². The van der Waals surface area contributed by atoms with Crippen molar-refractivity contribution in [1.82, 2.24) is 35.1 Å². The molecule has 0 saturated carbocycles. The molecule has 0 bridgehead atoms. The zero-order valence-corrected chi connectivity index (χ0v) is 15.6. The van der Waals surface area contributed by atoms with Gasteiger partial charge in [-0.3, -0.25) is 9.50 Å². The number of aromatic nitrogens is 6. The SMILES string of the molecule is Fc1cc(F)c(-c2cnc3cc(-c4cnn[nH]4)ccn23)nc1N[C@H]1CNCC[C@@H]1F. The highest BCUT2D eigenvalue weighted by Crippen LogP contribution is 2.28. The number of pyridine rings is 2. The number of imidazole rings is 1. The fourth-order valence-corrected chi connectivity index (χ4v) is 3.55. The quantitative estimate of drug-likeness (QED) is 0.475. The molecule has 4 aromatic rings. The van der Waals surface area contributed by atoms with Gasteiger partial charge in [-0.05, 0) is 25.1 Å². The van der Waals surface area contributed by atoms with Crippen molar-refractivity contribution in [1.29, 1.82) is 0 Å². The van der Waals surface area contributed by atoms with E-state index in [2.05, 4.69) is 36.0 Å². The van der Waals surface area contributed by atoms with Crippen LogP contribution in [-0.4, -0.2) is 55.1 Å². The van der Waals surface area contributed by atoms with E-state index in [4.69, 9.17) is 0 Å². The Kier molecular flexibility index (Phi) is 4.58. The predicted octanol–water partition coefficient (Wildman–Crippen LogP) is 2.57. The average molecular weight is 414 g/mol. The van der Waals surface area contributed by atoms with E-state index < -0.39 is 23.8 Å². The first-order valence-corrected chi connectivity index (χ1v) is 9.41. The monoisotopic (exact) mass is 414 g/mol. The van der Waals surface area contributed by atoms with Crippen LogP contribution in [0.4, 0.5) is 19.0 Å². The van der Waals surface area contributed by atoms with E-state index in [0.717, 1.165) is 11.6 Å². The summed E-state index contributed by atoms with van der Waals surface area (Å²) in [6.07, 6.45) is 3.90. The van der Waals surface area contributed by atoms with E-state index in [9.17, 15) is 13.2 Å². The van der Waals surface area contributed by atoms with Crippen molar-refractivity contribution in [2.24, 2.45) is 0 Å². The van der Waals surface area contributed by atoms with Crippen LogP contribution in [0.2, 0.25) is 0 Å². The molecule has 0 aromatic carbocycles. The lowest BCUT2D eigenvalue weighted by Crippen LogP contribution is -2.46. The lowest BCUT2D eigenvalue weighted by atomic mass is 10.1. The molecule has 5 heterocycles. The highest BCUT2D eigenvalue weighted by Gasteiger charge is 2.26. The number of hydrogen-bond donors (Lipinski definition) is 3. The van der Waals surface area contributed by atoms with Crippen LogP contribution in [0, 0.1) is 11.6 Å². The van der Waals surface area contributed by atoms with Gasteiger partial charge in [0.2, 0.25) is 0 Å². The van der Waals surface area contributed by atoms with Crippen LogP contribution in [0.3, 0.4) is 0 Å². The minimum Gasteiger partial charge on any atom is -0.361 e. The van der Waals surface area contributed by atoms with Crippen LogP contribution in [0.25, 0.3) is 28.3 Å². The Hall–Kier alpha value is -3.47. The number of hydrogen-bond acceptors (Lipinski definition) is 6. The summed E-state index contributed by atoms with van der Waals surface area (Å²) in [5.74, 6) is -1.91. The number of alkyl halides is 1. The zero-order valence-electron chi connectivity index (χ0n) is 15.6. The molecule has 0 radical (unpaired) electrons. The Labute approximate surface area is 168 Å². The Balaban J connectivity index is 1.52. The highest BCUT2D eigenvalue weighted by atomic mass is 19.1. The van der Waals surface area contributed by atoms with Gasteiger partial charge in [0.25, 0.3) is 0 Å². The largest absolute Gasteiger partial charge is 0.361 e. The summed E-state index contributed by atoms with van der Waals surface area (Å²) in [7, 11) is 0. The van der Waals surface area contributed by atoms with Crippen LogP contribution >= 0.6 is 0 Å². The van der Waals surface area contributed by atoms with Gasteiger partial charge in [0, 0.05) is 24.4 Å². The maximum atomic E-state index is 14.6. The number of nitrogens with zero attached hydrogens (tertiary/aromatic N) is 5. The number of piperidine rings is 1. The molecule has 0 spiro atoms. The summed E-state index contributed by atoms with van der Waals surface area (Å²) in [4.78, 5) is 8.43. The first-order valence-electron chi connectivity index (χ1n) is 9.41. The van der Waals surface area contributed by atoms with Crippen molar-refractivity contribution >= 4 is 11.5 Å². The van der Waals surface area contributed by atoms with Gasteiger partial charge in [-0.25, -0.2) is 23.1 Å². The smallest absolute Gasteiger partial charge is 0.168 e. The van der Waals surface area contributed by atoms with Gasteiger partial charge in [0.1, 0.15) is 17.5 Å². The normalized spacial score (nSPS) is 19.3. The molecule has 2 atom stereocenters. The molecule has 1 aliphatic heterocycles. The van der Waals surface area contributed by atoms with E-state index in [-0.39, 0.29) is 11.5 Å². The second-order valence-corrected chi connectivity index (χ2v) is 7.07. The zero-order chi connectivity index (χ0) is 20.7. The van der Waals surface area contributed by atoms with Gasteiger partial charge < -0.3 is 10.6 Å². The molecule has 4 aromatic heterocycles. The number of rotatable bonds is 4. The topological polar surface area (TPSA) is 95.8 Å². The molecular weight excluding hydrogens is 397 g/mol. The number of nitrogens with one attached hydrogen (secondary N) is 3. The van der Waals surface area contributed by atoms with E-state index in [1.165, 1.54) is 6.20 Å². The average Bonchev–Trinajstić information content (AvgIpc) is 3.41. The Morgan fingerprint density at radius 2 is 2.07 bits per heavy atom. The Morgan fingerprint density at radius 1 is 1.17 bits per heavy atom. The number of halogens is 3. The number of aromatic amines is 1. The van der Waals surface area contributed by atoms with Crippen molar-refractivity contribution in [3.8, 4) is 22.6 Å². The number of fused-ring (bicyclic) bond motifs is 1. The maximum Gasteiger partial charge on any atom is 0.168 e. The molecule has 154 valence electrons. The molecule has 1 aliphatic rings. The summed E-state index contributed by atoms with van der Waals surface area (Å²) in [5.41, 5.74) is 2.32. The molecule has 0 amide bonds. The minimum atomic E-state index is -1.15. The summed E-state index contributed by atoms with van der Waals surface area (Å²) in [6.45, 7) is 0.887. The molecule has 0 unspecified atom stereocenters.